The highest BCUT2D eigenvalue weighted by Crippen LogP contribution is 2.14. The van der Waals surface area contributed by atoms with Crippen LogP contribution in [0.1, 0.15) is 0 Å². The summed E-state index contributed by atoms with van der Waals surface area (Å²) in [7, 11) is 0. The zero-order valence-corrected chi connectivity index (χ0v) is 7.64. The zero-order chi connectivity index (χ0) is 10.1. The van der Waals surface area contributed by atoms with E-state index in [1.165, 1.54) is 15.5 Å². The second-order valence-electron chi connectivity index (χ2n) is 2.39. The molecule has 0 amide bonds. The largest absolute Gasteiger partial charge is 0.549 e. The van der Waals surface area contributed by atoms with Gasteiger partial charge in [-0.15, -0.1) is 10.2 Å². The van der Waals surface area contributed by atoms with Gasteiger partial charge in [-0.2, -0.15) is 9.61 Å². The number of aliphatic carboxylic acids is 1. The lowest BCUT2D eigenvalue weighted by Crippen LogP contribution is -2.24. The van der Waals surface area contributed by atoms with E-state index in [9.17, 15) is 9.90 Å². The van der Waals surface area contributed by atoms with Crippen LogP contribution in [0.2, 0.25) is 0 Å². The molecule has 2 N–H and O–H groups in total. The maximum atomic E-state index is 10.2. The summed E-state index contributed by atoms with van der Waals surface area (Å²) in [4.78, 5) is 10.2. The molecule has 0 aromatic carbocycles. The number of thioether (sulfide) groups is 1. The Morgan fingerprint density at radius 1 is 1.64 bits per heavy atom. The summed E-state index contributed by atoms with van der Waals surface area (Å²) in [5.74, 6) is 4.43. The lowest BCUT2D eigenvalue weighted by atomic mass is 10.8. The molecule has 74 valence electrons. The van der Waals surface area contributed by atoms with Crippen molar-refractivity contribution in [2.24, 2.45) is 0 Å². The molecule has 0 unspecified atom stereocenters. The molecule has 0 radical (unpaired) electrons. The van der Waals surface area contributed by atoms with Gasteiger partial charge in [-0.3, -0.25) is 0 Å². The standard InChI is InChI=1S/C5H6N6O2S/c6-10-2-7-11-4(10)8-9-5(11)14-1-3(12)13/h2H,1,6H2,(H,12,13)/p-1. The van der Waals surface area contributed by atoms with E-state index in [1.54, 1.807) is 0 Å². The number of carboxylic acids is 1. The number of carbonyl (C=O) groups is 1. The van der Waals surface area contributed by atoms with Crippen LogP contribution in [0.3, 0.4) is 0 Å². The Labute approximate surface area is 81.7 Å². The molecule has 2 heterocycles. The summed E-state index contributed by atoms with van der Waals surface area (Å²) in [5.41, 5.74) is 0. The summed E-state index contributed by atoms with van der Waals surface area (Å²) in [6.07, 6.45) is 1.35. The third-order valence-electron chi connectivity index (χ3n) is 1.44. The number of carbonyl (C=O) groups excluding carboxylic acids is 1. The quantitative estimate of drug-likeness (QED) is 0.442. The first-order valence-electron chi connectivity index (χ1n) is 3.55. The third kappa shape index (κ3) is 1.37. The molecule has 2 aromatic heterocycles. The van der Waals surface area contributed by atoms with Crippen LogP contribution >= 0.6 is 11.8 Å². The van der Waals surface area contributed by atoms with Crippen LogP contribution in [0.4, 0.5) is 0 Å². The van der Waals surface area contributed by atoms with E-state index in [4.69, 9.17) is 5.84 Å². The fraction of sp³-hybridized carbons (Fsp3) is 0.200. The molecule has 0 saturated carbocycles. The van der Waals surface area contributed by atoms with Crippen LogP contribution in [0.5, 0.6) is 0 Å². The lowest BCUT2D eigenvalue weighted by molar-refractivity contribution is -0.301. The highest BCUT2D eigenvalue weighted by Gasteiger charge is 2.09. The summed E-state index contributed by atoms with van der Waals surface area (Å²) in [6.45, 7) is 0. The number of hydrogen-bond acceptors (Lipinski definition) is 7. The highest BCUT2D eigenvalue weighted by atomic mass is 32.2. The fourth-order valence-corrected chi connectivity index (χ4v) is 1.49. The number of nitrogens with two attached hydrogens (primary N) is 1. The van der Waals surface area contributed by atoms with Crippen molar-refractivity contribution in [2.75, 3.05) is 11.6 Å². The molecule has 0 aliphatic carbocycles. The van der Waals surface area contributed by atoms with Crippen molar-refractivity contribution in [3.8, 4) is 0 Å². The molecule has 14 heavy (non-hydrogen) atoms. The van der Waals surface area contributed by atoms with Crippen molar-refractivity contribution in [3.05, 3.63) is 6.33 Å². The Kier molecular flexibility index (Phi) is 2.00. The highest BCUT2D eigenvalue weighted by molar-refractivity contribution is 7.99. The Morgan fingerprint density at radius 3 is 3.14 bits per heavy atom. The Hall–Kier alpha value is -1.77. The van der Waals surface area contributed by atoms with E-state index >= 15 is 0 Å². The molecule has 0 spiro atoms. The van der Waals surface area contributed by atoms with Gasteiger partial charge in [-0.05, 0) is 0 Å². The molecule has 0 fully saturated rings. The maximum absolute atomic E-state index is 10.2. The van der Waals surface area contributed by atoms with E-state index in [0.717, 1.165) is 11.8 Å². The summed E-state index contributed by atoms with van der Waals surface area (Å²) in [6, 6.07) is 0. The number of hydrogen-bond donors (Lipinski definition) is 1. The summed E-state index contributed by atoms with van der Waals surface area (Å²) >= 11 is 0.974. The van der Waals surface area contributed by atoms with Gasteiger partial charge in [0.15, 0.2) is 0 Å². The van der Waals surface area contributed by atoms with E-state index in [0.29, 0.717) is 10.9 Å². The van der Waals surface area contributed by atoms with Gasteiger partial charge < -0.3 is 15.7 Å². The van der Waals surface area contributed by atoms with Crippen LogP contribution < -0.4 is 10.9 Å². The smallest absolute Gasteiger partial charge is 0.273 e. The molecular weight excluding hydrogens is 208 g/mol. The predicted molar refractivity (Wildman–Crippen MR) is 44.7 cm³/mol. The van der Waals surface area contributed by atoms with Crippen molar-refractivity contribution in [2.45, 2.75) is 5.16 Å². The van der Waals surface area contributed by atoms with E-state index < -0.39 is 5.97 Å². The number of carboxylic acid groups (broad SMARTS) is 1. The minimum absolute atomic E-state index is 0.196. The summed E-state index contributed by atoms with van der Waals surface area (Å²) < 4.78 is 2.55. The average molecular weight is 213 g/mol. The maximum Gasteiger partial charge on any atom is 0.273 e. The Bertz CT molecular complexity index is 475. The predicted octanol–water partition coefficient (Wildman–Crippen LogP) is -2.52. The number of nitrogen functional groups attached to an aromatic ring is 1. The number of rotatable bonds is 3. The molecule has 2 rings (SSSR count). The Morgan fingerprint density at radius 2 is 2.43 bits per heavy atom. The van der Waals surface area contributed by atoms with Gasteiger partial charge in [0.1, 0.15) is 6.33 Å². The summed E-state index contributed by atoms with van der Waals surface area (Å²) in [5, 5.41) is 21.8. The van der Waals surface area contributed by atoms with Gasteiger partial charge >= 0.3 is 0 Å². The van der Waals surface area contributed by atoms with Gasteiger partial charge in [0, 0.05) is 5.75 Å². The van der Waals surface area contributed by atoms with Crippen LogP contribution in [0, 0.1) is 0 Å². The molecule has 2 aromatic rings. The monoisotopic (exact) mass is 213 g/mol. The second-order valence-corrected chi connectivity index (χ2v) is 3.34. The molecule has 8 nitrogen and oxygen atoms in total. The van der Waals surface area contributed by atoms with Crippen LogP contribution in [-0.2, 0) is 4.79 Å². The topological polar surface area (TPSA) is 114 Å². The van der Waals surface area contributed by atoms with E-state index in [-0.39, 0.29) is 5.75 Å². The van der Waals surface area contributed by atoms with Gasteiger partial charge in [-0.1, -0.05) is 11.8 Å². The average Bonchev–Trinajstić information content (AvgIpc) is 2.66. The minimum Gasteiger partial charge on any atom is -0.549 e. The van der Waals surface area contributed by atoms with E-state index in [1.807, 2.05) is 0 Å². The van der Waals surface area contributed by atoms with E-state index in [2.05, 4.69) is 15.3 Å². The number of aromatic nitrogens is 5. The molecule has 0 aliphatic rings. The first kappa shape index (κ1) is 8.81. The minimum atomic E-state index is -1.17. The van der Waals surface area contributed by atoms with Crippen molar-refractivity contribution in [3.63, 3.8) is 0 Å². The van der Waals surface area contributed by atoms with Crippen LogP contribution in [-0.4, -0.2) is 36.2 Å². The number of nitrogens with zero attached hydrogens (tertiary/aromatic N) is 5. The second kappa shape index (κ2) is 3.18. The van der Waals surface area contributed by atoms with Gasteiger partial charge in [0.25, 0.3) is 5.78 Å². The Balaban J connectivity index is 2.29. The molecule has 9 heteroatoms. The van der Waals surface area contributed by atoms with Crippen molar-refractivity contribution in [1.82, 2.24) is 24.5 Å². The number of fused-ring (bicyclic) bond motifs is 1. The molecule has 0 saturated heterocycles. The van der Waals surface area contributed by atoms with Crippen LogP contribution in [0.25, 0.3) is 5.78 Å². The third-order valence-corrected chi connectivity index (χ3v) is 2.33. The normalized spacial score (nSPS) is 10.9. The van der Waals surface area contributed by atoms with Crippen molar-refractivity contribution >= 4 is 23.5 Å². The zero-order valence-electron chi connectivity index (χ0n) is 6.82. The molecule has 0 atom stereocenters. The molecule has 0 bridgehead atoms. The first-order valence-corrected chi connectivity index (χ1v) is 4.53. The van der Waals surface area contributed by atoms with Crippen molar-refractivity contribution < 1.29 is 9.90 Å². The van der Waals surface area contributed by atoms with Crippen molar-refractivity contribution in [1.29, 1.82) is 0 Å². The van der Waals surface area contributed by atoms with Crippen LogP contribution in [0.15, 0.2) is 11.5 Å². The first-order chi connectivity index (χ1) is 6.68. The van der Waals surface area contributed by atoms with Gasteiger partial charge in [0.05, 0.1) is 5.97 Å². The molecular formula is C5H5N6O2S-. The SMILES string of the molecule is Nn1cnn2c(SCC(=O)[O-])nnc12. The lowest BCUT2D eigenvalue weighted by Gasteiger charge is -1.97. The fourth-order valence-electron chi connectivity index (χ4n) is 0.892. The van der Waals surface area contributed by atoms with Gasteiger partial charge in [-0.25, -0.2) is 4.68 Å². The molecule has 0 aliphatic heterocycles. The van der Waals surface area contributed by atoms with Gasteiger partial charge in [0.2, 0.25) is 5.16 Å².